The molecule has 0 atom stereocenters. The molecule has 8 nitrogen and oxygen atoms in total. The molecule has 2 N–H and O–H groups in total. The first-order valence-electron chi connectivity index (χ1n) is 10.9. The number of carbonyl (C=O) groups excluding carboxylic acids is 2. The average molecular weight is 433 g/mol. The van der Waals surface area contributed by atoms with E-state index in [0.717, 1.165) is 11.4 Å². The quantitative estimate of drug-likeness (QED) is 0.641. The van der Waals surface area contributed by atoms with Crippen molar-refractivity contribution in [1.29, 1.82) is 0 Å². The van der Waals surface area contributed by atoms with E-state index in [1.165, 1.54) is 0 Å². The summed E-state index contributed by atoms with van der Waals surface area (Å²) in [6.07, 6.45) is 4.77. The fourth-order valence-corrected chi connectivity index (χ4v) is 4.01. The molecule has 1 saturated heterocycles. The number of aromatic nitrogens is 3. The van der Waals surface area contributed by atoms with Crippen molar-refractivity contribution in [2.45, 2.75) is 38.6 Å². The van der Waals surface area contributed by atoms with E-state index in [2.05, 4.69) is 34.6 Å². The Morgan fingerprint density at radius 1 is 1.03 bits per heavy atom. The summed E-state index contributed by atoms with van der Waals surface area (Å²) in [7, 11) is 0. The number of para-hydroxylation sites is 1. The number of nitrogens with one attached hydrogen (secondary N) is 2. The Hall–Kier alpha value is -3.68. The number of piperidine rings is 1. The van der Waals surface area contributed by atoms with Crippen LogP contribution in [0.3, 0.4) is 0 Å². The van der Waals surface area contributed by atoms with E-state index in [9.17, 15) is 9.59 Å². The second kappa shape index (κ2) is 9.64. The van der Waals surface area contributed by atoms with E-state index >= 15 is 0 Å². The predicted octanol–water partition coefficient (Wildman–Crippen LogP) is 3.82. The number of hydrogen-bond donors (Lipinski definition) is 2. The van der Waals surface area contributed by atoms with Crippen LogP contribution in [-0.2, 0) is 0 Å². The molecule has 1 aromatic carbocycles. The van der Waals surface area contributed by atoms with Gasteiger partial charge in [-0.2, -0.15) is 5.10 Å². The van der Waals surface area contributed by atoms with E-state index in [1.54, 1.807) is 17.1 Å². The highest BCUT2D eigenvalue weighted by Gasteiger charge is 2.29. The smallest absolute Gasteiger partial charge is 0.319 e. The zero-order valence-electron chi connectivity index (χ0n) is 18.4. The van der Waals surface area contributed by atoms with Crippen molar-refractivity contribution in [3.63, 3.8) is 0 Å². The third kappa shape index (κ3) is 4.80. The van der Waals surface area contributed by atoms with Crippen molar-refractivity contribution in [1.82, 2.24) is 25.0 Å². The van der Waals surface area contributed by atoms with Gasteiger partial charge in [-0.3, -0.25) is 4.79 Å². The summed E-state index contributed by atoms with van der Waals surface area (Å²) in [5.74, 6) is 0.782. The van der Waals surface area contributed by atoms with Gasteiger partial charge >= 0.3 is 6.03 Å². The Balaban J connectivity index is 1.38. The lowest BCUT2D eigenvalue weighted by molar-refractivity contribution is 0.0707. The van der Waals surface area contributed by atoms with E-state index < -0.39 is 0 Å². The van der Waals surface area contributed by atoms with E-state index in [4.69, 9.17) is 0 Å². The van der Waals surface area contributed by atoms with E-state index in [0.29, 0.717) is 37.3 Å². The normalized spacial score (nSPS) is 14.4. The van der Waals surface area contributed by atoms with Gasteiger partial charge in [0, 0.05) is 31.0 Å². The van der Waals surface area contributed by atoms with Crippen LogP contribution in [0, 0.1) is 0 Å². The first kappa shape index (κ1) is 21.5. The van der Waals surface area contributed by atoms with Crippen molar-refractivity contribution in [3.8, 4) is 5.82 Å². The molecule has 0 saturated carbocycles. The van der Waals surface area contributed by atoms with Gasteiger partial charge in [0.15, 0.2) is 5.82 Å². The number of urea groups is 1. The Morgan fingerprint density at radius 3 is 2.41 bits per heavy atom. The minimum absolute atomic E-state index is 0.0249. The number of anilines is 1. The monoisotopic (exact) mass is 432 g/mol. The molecule has 0 aliphatic carbocycles. The van der Waals surface area contributed by atoms with Crippen molar-refractivity contribution < 1.29 is 9.59 Å². The summed E-state index contributed by atoms with van der Waals surface area (Å²) in [6.45, 7) is 5.27. The molecule has 3 aromatic rings. The minimum atomic E-state index is -0.222. The van der Waals surface area contributed by atoms with Gasteiger partial charge in [-0.1, -0.05) is 38.1 Å². The molecule has 1 aliphatic heterocycles. The number of hydrogen-bond acceptors (Lipinski definition) is 4. The maximum absolute atomic E-state index is 13.3. The summed E-state index contributed by atoms with van der Waals surface area (Å²) in [5.41, 5.74) is 2.22. The molecule has 4 rings (SSSR count). The van der Waals surface area contributed by atoms with Gasteiger partial charge in [-0.15, -0.1) is 0 Å². The molecule has 166 valence electrons. The molecule has 0 unspecified atom stereocenters. The molecule has 1 fully saturated rings. The number of amides is 3. The van der Waals surface area contributed by atoms with Crippen LogP contribution in [0.2, 0.25) is 0 Å². The molecule has 0 bridgehead atoms. The highest BCUT2D eigenvalue weighted by Crippen LogP contribution is 2.24. The van der Waals surface area contributed by atoms with Crippen molar-refractivity contribution in [2.24, 2.45) is 0 Å². The van der Waals surface area contributed by atoms with Crippen LogP contribution < -0.4 is 10.6 Å². The predicted molar refractivity (Wildman–Crippen MR) is 123 cm³/mol. The first-order chi connectivity index (χ1) is 15.5. The second-order valence-corrected chi connectivity index (χ2v) is 8.23. The van der Waals surface area contributed by atoms with Crippen LogP contribution in [0.25, 0.3) is 5.82 Å². The summed E-state index contributed by atoms with van der Waals surface area (Å²) in [4.78, 5) is 31.8. The van der Waals surface area contributed by atoms with Crippen LogP contribution in [0.15, 0.2) is 60.9 Å². The maximum Gasteiger partial charge on any atom is 0.319 e. The first-order valence-corrected chi connectivity index (χ1v) is 10.9. The molecule has 1 aliphatic rings. The van der Waals surface area contributed by atoms with Crippen molar-refractivity contribution >= 4 is 17.6 Å². The van der Waals surface area contributed by atoms with Crippen molar-refractivity contribution in [3.05, 3.63) is 72.2 Å². The number of likely N-dealkylation sites (tertiary alicyclic amines) is 1. The van der Waals surface area contributed by atoms with Gasteiger partial charge in [0.25, 0.3) is 5.91 Å². The molecule has 32 heavy (non-hydrogen) atoms. The third-order valence-electron chi connectivity index (χ3n) is 5.60. The number of pyridine rings is 1. The van der Waals surface area contributed by atoms with Crippen LogP contribution in [0.1, 0.15) is 48.7 Å². The molecule has 8 heteroatoms. The number of nitrogens with zero attached hydrogens (tertiary/aromatic N) is 4. The highest BCUT2D eigenvalue weighted by molar-refractivity contribution is 5.95. The maximum atomic E-state index is 13.3. The lowest BCUT2D eigenvalue weighted by atomic mass is 10.0. The molecule has 3 amide bonds. The van der Waals surface area contributed by atoms with Gasteiger partial charge in [0.1, 0.15) is 0 Å². The summed E-state index contributed by atoms with van der Waals surface area (Å²) in [6, 6.07) is 14.8. The summed E-state index contributed by atoms with van der Waals surface area (Å²) in [5, 5.41) is 10.3. The average Bonchev–Trinajstić information content (AvgIpc) is 3.26. The van der Waals surface area contributed by atoms with Crippen LogP contribution in [-0.4, -0.2) is 50.7 Å². The minimum Gasteiger partial charge on any atom is -0.338 e. The van der Waals surface area contributed by atoms with E-state index in [-0.39, 0.29) is 23.9 Å². The van der Waals surface area contributed by atoms with Gasteiger partial charge in [-0.25, -0.2) is 14.5 Å². The second-order valence-electron chi connectivity index (χ2n) is 8.23. The lowest BCUT2D eigenvalue weighted by Crippen LogP contribution is -2.47. The Morgan fingerprint density at radius 2 is 1.75 bits per heavy atom. The fourth-order valence-electron chi connectivity index (χ4n) is 4.01. The van der Waals surface area contributed by atoms with Crippen LogP contribution >= 0.6 is 0 Å². The molecule has 3 heterocycles. The molecular formula is C24H28N6O2. The van der Waals surface area contributed by atoms with Crippen LogP contribution in [0.5, 0.6) is 0 Å². The Labute approximate surface area is 187 Å². The zero-order chi connectivity index (χ0) is 22.5. The molecule has 0 radical (unpaired) electrons. The standard InChI is InChI=1S/C24H28N6O2/c1-17(2)22-20(16-26-30(22)21-10-6-7-13-25-21)23(31)29-14-11-19(12-15-29)28-24(32)27-18-8-4-3-5-9-18/h3-10,13,16-17,19H,11-12,14-15H2,1-2H3,(H2,27,28,32). The molecule has 2 aromatic heterocycles. The van der Waals surface area contributed by atoms with Gasteiger partial charge in [0.2, 0.25) is 0 Å². The van der Waals surface area contributed by atoms with Gasteiger partial charge in [0.05, 0.1) is 17.5 Å². The Kier molecular flexibility index (Phi) is 6.49. The summed E-state index contributed by atoms with van der Waals surface area (Å²) >= 11 is 0. The molecule has 0 spiro atoms. The van der Waals surface area contributed by atoms with E-state index in [1.807, 2.05) is 53.4 Å². The highest BCUT2D eigenvalue weighted by atomic mass is 16.2. The number of carbonyl (C=O) groups is 2. The third-order valence-corrected chi connectivity index (χ3v) is 5.60. The number of rotatable bonds is 5. The van der Waals surface area contributed by atoms with Gasteiger partial charge < -0.3 is 15.5 Å². The van der Waals surface area contributed by atoms with Crippen LogP contribution in [0.4, 0.5) is 10.5 Å². The largest absolute Gasteiger partial charge is 0.338 e. The Bertz CT molecular complexity index is 1060. The summed E-state index contributed by atoms with van der Waals surface area (Å²) < 4.78 is 1.75. The SMILES string of the molecule is CC(C)c1c(C(=O)N2CCC(NC(=O)Nc3ccccc3)CC2)cnn1-c1ccccn1. The topological polar surface area (TPSA) is 92.2 Å². The zero-order valence-corrected chi connectivity index (χ0v) is 18.4. The number of benzene rings is 1. The molecular weight excluding hydrogens is 404 g/mol. The van der Waals surface area contributed by atoms with Crippen molar-refractivity contribution in [2.75, 3.05) is 18.4 Å². The lowest BCUT2D eigenvalue weighted by Gasteiger charge is -2.32. The van der Waals surface area contributed by atoms with Gasteiger partial charge in [-0.05, 0) is 43.0 Å². The fraction of sp³-hybridized carbons (Fsp3) is 0.333.